The summed E-state index contributed by atoms with van der Waals surface area (Å²) in [6.07, 6.45) is 0.753. The van der Waals surface area contributed by atoms with Gasteiger partial charge in [-0.2, -0.15) is 5.10 Å². The second kappa shape index (κ2) is 3.46. The fourth-order valence-electron chi connectivity index (χ4n) is 0.953. The lowest BCUT2D eigenvalue weighted by Crippen LogP contribution is -2.16. The molecule has 0 unspecified atom stereocenters. The molecular formula is C7H8N2O5S. The summed E-state index contributed by atoms with van der Waals surface area (Å²) in [5.74, 6) is -1.32. The molecule has 1 aromatic heterocycles. The zero-order valence-electron chi connectivity index (χ0n) is 7.96. The van der Waals surface area contributed by atoms with Gasteiger partial charge in [-0.15, -0.1) is 0 Å². The Morgan fingerprint density at radius 1 is 1.47 bits per heavy atom. The van der Waals surface area contributed by atoms with E-state index in [1.54, 1.807) is 0 Å². The van der Waals surface area contributed by atoms with Crippen molar-refractivity contribution in [2.24, 2.45) is 7.05 Å². The summed E-state index contributed by atoms with van der Waals surface area (Å²) in [6, 6.07) is 0.922. The number of carboxylic acids is 1. The maximum Gasteiger partial charge on any atom is 0.356 e. The van der Waals surface area contributed by atoms with Crippen molar-refractivity contribution in [3.8, 4) is 0 Å². The molecule has 0 saturated carbocycles. The van der Waals surface area contributed by atoms with Gasteiger partial charge in [0.15, 0.2) is 5.69 Å². The van der Waals surface area contributed by atoms with E-state index in [1.807, 2.05) is 0 Å². The average Bonchev–Trinajstić information content (AvgIpc) is 2.44. The number of hydrogen-bond donors (Lipinski definition) is 1. The minimum absolute atomic E-state index is 0.269. The SMILES string of the molecule is Cn1nc(C(=O)O)cc1C(=O)S(C)(=O)=O. The molecule has 15 heavy (non-hydrogen) atoms. The molecule has 1 rings (SSSR count). The quantitative estimate of drug-likeness (QED) is 0.722. The highest BCUT2D eigenvalue weighted by molar-refractivity contribution is 8.06. The molecule has 1 heterocycles. The minimum Gasteiger partial charge on any atom is -0.476 e. The Hall–Kier alpha value is -1.70. The average molecular weight is 232 g/mol. The number of rotatable bonds is 2. The molecule has 0 atom stereocenters. The summed E-state index contributed by atoms with van der Waals surface area (Å²) in [4.78, 5) is 21.8. The Labute approximate surface area is 85.2 Å². The number of carboxylic acid groups (broad SMARTS) is 1. The van der Waals surface area contributed by atoms with Gasteiger partial charge in [-0.3, -0.25) is 9.48 Å². The highest BCUT2D eigenvalue weighted by Gasteiger charge is 2.24. The summed E-state index contributed by atoms with van der Waals surface area (Å²) in [5.41, 5.74) is -0.639. The molecule has 82 valence electrons. The maximum absolute atomic E-state index is 11.3. The number of carbonyl (C=O) groups excluding carboxylic acids is 1. The van der Waals surface area contributed by atoms with Crippen LogP contribution in [0.3, 0.4) is 0 Å². The molecular weight excluding hydrogens is 224 g/mol. The van der Waals surface area contributed by atoms with Crippen LogP contribution in [0.5, 0.6) is 0 Å². The molecule has 7 nitrogen and oxygen atoms in total. The molecule has 0 aliphatic carbocycles. The second-order valence-corrected chi connectivity index (χ2v) is 4.82. The topological polar surface area (TPSA) is 106 Å². The predicted molar refractivity (Wildman–Crippen MR) is 49.3 cm³/mol. The molecule has 0 aromatic carbocycles. The third-order valence-corrected chi connectivity index (χ3v) is 2.53. The standard InChI is InChI=1S/C7H8N2O5S/c1-9-5(7(12)15(2,13)14)3-4(8-9)6(10)11/h3H,1-2H3,(H,10,11). The second-order valence-electron chi connectivity index (χ2n) is 2.90. The summed E-state index contributed by atoms with van der Waals surface area (Å²) >= 11 is 0. The zero-order chi connectivity index (χ0) is 11.8. The van der Waals surface area contributed by atoms with Crippen LogP contribution >= 0.6 is 0 Å². The molecule has 0 aliphatic heterocycles. The van der Waals surface area contributed by atoms with Crippen LogP contribution in [-0.4, -0.2) is 40.6 Å². The van der Waals surface area contributed by atoms with Gasteiger partial charge >= 0.3 is 5.97 Å². The van der Waals surface area contributed by atoms with E-state index < -0.39 is 20.9 Å². The number of aryl methyl sites for hydroxylation is 1. The van der Waals surface area contributed by atoms with Crippen LogP contribution in [0.1, 0.15) is 21.0 Å². The Kier molecular flexibility index (Phi) is 2.63. The summed E-state index contributed by atoms with van der Waals surface area (Å²) in [7, 11) is -2.59. The van der Waals surface area contributed by atoms with E-state index in [0.29, 0.717) is 0 Å². The number of carbonyl (C=O) groups is 2. The number of aromatic carboxylic acids is 1. The van der Waals surface area contributed by atoms with Crippen molar-refractivity contribution < 1.29 is 23.1 Å². The van der Waals surface area contributed by atoms with Gasteiger partial charge in [0.25, 0.3) is 5.12 Å². The number of sulfone groups is 1. The summed E-state index contributed by atoms with van der Waals surface area (Å²) in [5, 5.41) is 10.9. The van der Waals surface area contributed by atoms with Crippen molar-refractivity contribution in [2.45, 2.75) is 0 Å². The first kappa shape index (κ1) is 11.4. The van der Waals surface area contributed by atoms with Gasteiger partial charge in [0.2, 0.25) is 9.84 Å². The molecule has 0 aliphatic rings. The first-order valence-corrected chi connectivity index (χ1v) is 5.64. The number of hydrogen-bond acceptors (Lipinski definition) is 5. The largest absolute Gasteiger partial charge is 0.476 e. The van der Waals surface area contributed by atoms with Crippen molar-refractivity contribution in [3.05, 3.63) is 17.5 Å². The van der Waals surface area contributed by atoms with Crippen LogP contribution in [0.25, 0.3) is 0 Å². The van der Waals surface area contributed by atoms with Gasteiger partial charge in [-0.25, -0.2) is 13.2 Å². The van der Waals surface area contributed by atoms with E-state index in [9.17, 15) is 18.0 Å². The molecule has 1 N–H and O–H groups in total. The molecule has 0 saturated heterocycles. The fraction of sp³-hybridized carbons (Fsp3) is 0.286. The first-order chi connectivity index (χ1) is 6.73. The third kappa shape index (κ3) is 2.21. The third-order valence-electron chi connectivity index (χ3n) is 1.64. The van der Waals surface area contributed by atoms with E-state index >= 15 is 0 Å². The summed E-state index contributed by atoms with van der Waals surface area (Å²) in [6.45, 7) is 0. The summed E-state index contributed by atoms with van der Waals surface area (Å²) < 4.78 is 22.8. The fourth-order valence-corrected chi connectivity index (χ4v) is 1.52. The van der Waals surface area contributed by atoms with Crippen molar-refractivity contribution in [3.63, 3.8) is 0 Å². The van der Waals surface area contributed by atoms with Crippen LogP contribution < -0.4 is 0 Å². The van der Waals surface area contributed by atoms with Gasteiger partial charge < -0.3 is 5.11 Å². The van der Waals surface area contributed by atoms with Crippen molar-refractivity contribution in [1.82, 2.24) is 9.78 Å². The van der Waals surface area contributed by atoms with Gasteiger partial charge in [0, 0.05) is 19.4 Å². The van der Waals surface area contributed by atoms with E-state index in [2.05, 4.69) is 5.10 Å². The van der Waals surface area contributed by atoms with E-state index in [4.69, 9.17) is 5.11 Å². The van der Waals surface area contributed by atoms with Crippen LogP contribution in [0, 0.1) is 0 Å². The molecule has 1 aromatic rings. The maximum atomic E-state index is 11.3. The highest BCUT2D eigenvalue weighted by Crippen LogP contribution is 2.07. The molecule has 0 bridgehead atoms. The van der Waals surface area contributed by atoms with Crippen molar-refractivity contribution >= 4 is 20.9 Å². The van der Waals surface area contributed by atoms with Gasteiger partial charge in [0.05, 0.1) is 0 Å². The van der Waals surface area contributed by atoms with E-state index in [1.165, 1.54) is 7.05 Å². The zero-order valence-corrected chi connectivity index (χ0v) is 8.78. The highest BCUT2D eigenvalue weighted by atomic mass is 32.2. The van der Waals surface area contributed by atoms with E-state index in [-0.39, 0.29) is 11.4 Å². The lowest BCUT2D eigenvalue weighted by atomic mass is 10.4. The van der Waals surface area contributed by atoms with E-state index in [0.717, 1.165) is 17.0 Å². The molecule has 0 amide bonds. The normalized spacial score (nSPS) is 11.3. The first-order valence-electron chi connectivity index (χ1n) is 3.75. The van der Waals surface area contributed by atoms with Crippen LogP contribution in [-0.2, 0) is 16.9 Å². The Morgan fingerprint density at radius 2 is 2.00 bits per heavy atom. The minimum atomic E-state index is -3.88. The lowest BCUT2D eigenvalue weighted by molar-refractivity contribution is 0.0689. The Balaban J connectivity index is 3.28. The smallest absolute Gasteiger partial charge is 0.356 e. The van der Waals surface area contributed by atoms with Gasteiger partial charge in [-0.1, -0.05) is 0 Å². The Morgan fingerprint density at radius 3 is 2.33 bits per heavy atom. The number of aromatic nitrogens is 2. The molecule has 8 heteroatoms. The van der Waals surface area contributed by atoms with Crippen LogP contribution in [0.4, 0.5) is 0 Å². The molecule has 0 radical (unpaired) electrons. The van der Waals surface area contributed by atoms with Crippen LogP contribution in [0.2, 0.25) is 0 Å². The van der Waals surface area contributed by atoms with Gasteiger partial charge in [-0.05, 0) is 0 Å². The Bertz CT molecular complexity index is 528. The molecule has 0 spiro atoms. The lowest BCUT2D eigenvalue weighted by Gasteiger charge is -1.96. The number of nitrogens with zero attached hydrogens (tertiary/aromatic N) is 2. The monoisotopic (exact) mass is 232 g/mol. The predicted octanol–water partition coefficient (Wildman–Crippen LogP) is -0.697. The van der Waals surface area contributed by atoms with Crippen molar-refractivity contribution in [2.75, 3.05) is 6.26 Å². The van der Waals surface area contributed by atoms with Crippen molar-refractivity contribution in [1.29, 1.82) is 0 Å². The molecule has 0 fully saturated rings. The van der Waals surface area contributed by atoms with Gasteiger partial charge in [0.1, 0.15) is 5.69 Å². The van der Waals surface area contributed by atoms with Crippen LogP contribution in [0.15, 0.2) is 6.07 Å².